The van der Waals surface area contributed by atoms with Gasteiger partial charge in [-0.1, -0.05) is 12.1 Å². The molecule has 4 rings (SSSR count). The van der Waals surface area contributed by atoms with Gasteiger partial charge < -0.3 is 9.64 Å². The number of nitrogens with one attached hydrogen (secondary N) is 1. The Kier molecular flexibility index (Phi) is 6.65. The monoisotopic (exact) mass is 468 g/mol. The molecule has 1 amide bonds. The summed E-state index contributed by atoms with van der Waals surface area (Å²) in [6.07, 6.45) is 1.80. The SMILES string of the molecule is CCOc1ccc(NS(=O)(=O)c2ccc(C(=O)N(Cc3cccc(F)c3)C3CC3)cc2)cc1. The molecule has 0 saturated heterocycles. The Hall–Kier alpha value is -3.39. The quantitative estimate of drug-likeness (QED) is 0.488. The van der Waals surface area contributed by atoms with Crippen molar-refractivity contribution in [2.24, 2.45) is 0 Å². The number of nitrogens with zero attached hydrogens (tertiary/aromatic N) is 1. The number of ether oxygens (including phenoxy) is 1. The summed E-state index contributed by atoms with van der Waals surface area (Å²) in [5.74, 6) is 0.109. The van der Waals surface area contributed by atoms with Gasteiger partial charge in [-0.25, -0.2) is 12.8 Å². The van der Waals surface area contributed by atoms with E-state index in [2.05, 4.69) is 4.72 Å². The van der Waals surface area contributed by atoms with E-state index in [-0.39, 0.29) is 22.7 Å². The van der Waals surface area contributed by atoms with Gasteiger partial charge in [0.1, 0.15) is 11.6 Å². The second kappa shape index (κ2) is 9.62. The third-order valence-corrected chi connectivity index (χ3v) is 6.72. The van der Waals surface area contributed by atoms with Crippen molar-refractivity contribution >= 4 is 21.6 Å². The van der Waals surface area contributed by atoms with Crippen LogP contribution in [0.5, 0.6) is 5.75 Å². The molecule has 1 saturated carbocycles. The van der Waals surface area contributed by atoms with Crippen molar-refractivity contribution in [3.63, 3.8) is 0 Å². The molecule has 0 spiro atoms. The Morgan fingerprint density at radius 3 is 2.36 bits per heavy atom. The minimum atomic E-state index is -3.82. The number of rotatable bonds is 9. The van der Waals surface area contributed by atoms with Crippen LogP contribution in [0.25, 0.3) is 0 Å². The average Bonchev–Trinajstić information content (AvgIpc) is 3.64. The van der Waals surface area contributed by atoms with Crippen molar-refractivity contribution in [3.05, 3.63) is 89.7 Å². The molecular formula is C25H25FN2O4S. The zero-order valence-electron chi connectivity index (χ0n) is 18.2. The van der Waals surface area contributed by atoms with E-state index in [0.717, 1.165) is 12.8 Å². The zero-order valence-corrected chi connectivity index (χ0v) is 19.0. The molecule has 0 atom stereocenters. The van der Waals surface area contributed by atoms with Gasteiger partial charge in [0.25, 0.3) is 15.9 Å². The molecule has 0 unspecified atom stereocenters. The van der Waals surface area contributed by atoms with Crippen molar-refractivity contribution in [3.8, 4) is 5.75 Å². The molecule has 6 nitrogen and oxygen atoms in total. The first-order chi connectivity index (χ1) is 15.9. The lowest BCUT2D eigenvalue weighted by atomic mass is 10.1. The number of halogens is 1. The highest BCUT2D eigenvalue weighted by Gasteiger charge is 2.33. The van der Waals surface area contributed by atoms with Crippen LogP contribution in [0, 0.1) is 5.82 Å². The van der Waals surface area contributed by atoms with Crippen LogP contribution >= 0.6 is 0 Å². The summed E-state index contributed by atoms with van der Waals surface area (Å²) in [6.45, 7) is 2.70. The lowest BCUT2D eigenvalue weighted by Crippen LogP contribution is -2.32. The summed E-state index contributed by atoms with van der Waals surface area (Å²) >= 11 is 0. The Bertz CT molecular complexity index is 1220. The van der Waals surface area contributed by atoms with Crippen LogP contribution in [0.15, 0.2) is 77.7 Å². The minimum Gasteiger partial charge on any atom is -0.494 e. The third-order valence-electron chi connectivity index (χ3n) is 5.32. The van der Waals surface area contributed by atoms with Crippen LogP contribution in [-0.4, -0.2) is 31.9 Å². The predicted molar refractivity (Wildman–Crippen MR) is 124 cm³/mol. The summed E-state index contributed by atoms with van der Waals surface area (Å²) in [4.78, 5) is 14.9. The minimum absolute atomic E-state index is 0.0519. The smallest absolute Gasteiger partial charge is 0.261 e. The van der Waals surface area contributed by atoms with Crippen molar-refractivity contribution in [2.75, 3.05) is 11.3 Å². The van der Waals surface area contributed by atoms with Crippen LogP contribution in [0.4, 0.5) is 10.1 Å². The van der Waals surface area contributed by atoms with E-state index in [1.807, 2.05) is 6.92 Å². The van der Waals surface area contributed by atoms with E-state index >= 15 is 0 Å². The third kappa shape index (κ3) is 5.70. The number of benzene rings is 3. The molecule has 1 N–H and O–H groups in total. The number of anilines is 1. The van der Waals surface area contributed by atoms with Gasteiger partial charge in [-0.15, -0.1) is 0 Å². The molecule has 3 aromatic carbocycles. The summed E-state index contributed by atoms with van der Waals surface area (Å²) in [6, 6.07) is 18.8. The summed E-state index contributed by atoms with van der Waals surface area (Å²) in [5.41, 5.74) is 1.51. The normalized spacial score (nSPS) is 13.4. The largest absolute Gasteiger partial charge is 0.494 e. The molecule has 1 fully saturated rings. The fourth-order valence-electron chi connectivity index (χ4n) is 3.53. The van der Waals surface area contributed by atoms with Crippen LogP contribution < -0.4 is 9.46 Å². The lowest BCUT2D eigenvalue weighted by Gasteiger charge is -2.23. The van der Waals surface area contributed by atoms with Crippen LogP contribution in [-0.2, 0) is 16.6 Å². The van der Waals surface area contributed by atoms with Gasteiger partial charge in [0, 0.05) is 23.8 Å². The molecule has 0 bridgehead atoms. The van der Waals surface area contributed by atoms with Gasteiger partial charge in [0.05, 0.1) is 11.5 Å². The average molecular weight is 469 g/mol. The molecule has 0 aliphatic heterocycles. The Morgan fingerprint density at radius 1 is 1.06 bits per heavy atom. The van der Waals surface area contributed by atoms with Crippen molar-refractivity contribution in [2.45, 2.75) is 37.2 Å². The second-order valence-corrected chi connectivity index (χ2v) is 9.56. The summed E-state index contributed by atoms with van der Waals surface area (Å²) in [5, 5.41) is 0. The van der Waals surface area contributed by atoms with Gasteiger partial charge in [0.2, 0.25) is 0 Å². The number of hydrogen-bond acceptors (Lipinski definition) is 4. The number of carbonyl (C=O) groups is 1. The fraction of sp³-hybridized carbons (Fsp3) is 0.240. The Morgan fingerprint density at radius 2 is 1.76 bits per heavy atom. The standard InChI is InChI=1S/C25H25FN2O4S/c1-2-32-23-12-8-21(9-13-23)27-33(30,31)24-14-6-19(7-15-24)25(29)28(22-10-11-22)17-18-4-3-5-20(26)16-18/h3-9,12-16,22,27H,2,10-11,17H2,1H3. The van der Waals surface area contributed by atoms with Crippen molar-refractivity contribution in [1.82, 2.24) is 4.90 Å². The molecule has 8 heteroatoms. The maximum absolute atomic E-state index is 13.6. The number of sulfonamides is 1. The molecule has 0 heterocycles. The molecule has 0 aromatic heterocycles. The van der Waals surface area contributed by atoms with E-state index in [0.29, 0.717) is 35.7 Å². The Labute approximate surface area is 193 Å². The predicted octanol–water partition coefficient (Wildman–Crippen LogP) is 4.83. The van der Waals surface area contributed by atoms with Crippen LogP contribution in [0.1, 0.15) is 35.7 Å². The Balaban J connectivity index is 1.47. The molecule has 1 aliphatic rings. The maximum Gasteiger partial charge on any atom is 0.261 e. The van der Waals surface area contributed by atoms with Gasteiger partial charge in [0.15, 0.2) is 0 Å². The molecule has 3 aromatic rings. The van der Waals surface area contributed by atoms with E-state index in [1.165, 1.54) is 36.4 Å². The van der Waals surface area contributed by atoms with Crippen LogP contribution in [0.3, 0.4) is 0 Å². The van der Waals surface area contributed by atoms with Gasteiger partial charge in [-0.05, 0) is 86.0 Å². The molecule has 33 heavy (non-hydrogen) atoms. The van der Waals surface area contributed by atoms with Crippen molar-refractivity contribution < 1.29 is 22.3 Å². The number of amides is 1. The van der Waals surface area contributed by atoms with Crippen LogP contribution in [0.2, 0.25) is 0 Å². The van der Waals surface area contributed by atoms with E-state index in [1.54, 1.807) is 41.3 Å². The highest BCUT2D eigenvalue weighted by molar-refractivity contribution is 7.92. The van der Waals surface area contributed by atoms with Gasteiger partial charge >= 0.3 is 0 Å². The van der Waals surface area contributed by atoms with Gasteiger partial charge in [-0.3, -0.25) is 9.52 Å². The molecule has 1 aliphatic carbocycles. The number of carbonyl (C=O) groups excluding carboxylic acids is 1. The van der Waals surface area contributed by atoms with E-state index in [4.69, 9.17) is 4.74 Å². The topological polar surface area (TPSA) is 75.7 Å². The highest BCUT2D eigenvalue weighted by atomic mass is 32.2. The van der Waals surface area contributed by atoms with E-state index in [9.17, 15) is 17.6 Å². The zero-order chi connectivity index (χ0) is 23.4. The van der Waals surface area contributed by atoms with Crippen molar-refractivity contribution in [1.29, 1.82) is 0 Å². The fourth-order valence-corrected chi connectivity index (χ4v) is 4.59. The highest BCUT2D eigenvalue weighted by Crippen LogP contribution is 2.30. The maximum atomic E-state index is 13.6. The van der Waals surface area contributed by atoms with Gasteiger partial charge in [-0.2, -0.15) is 0 Å². The number of hydrogen-bond donors (Lipinski definition) is 1. The first kappa shape index (κ1) is 22.8. The second-order valence-electron chi connectivity index (χ2n) is 7.88. The molecular weight excluding hydrogens is 443 g/mol. The summed E-state index contributed by atoms with van der Waals surface area (Å²) < 4.78 is 46.9. The lowest BCUT2D eigenvalue weighted by molar-refractivity contribution is 0.0729. The molecule has 172 valence electrons. The first-order valence-electron chi connectivity index (χ1n) is 10.8. The first-order valence-corrected chi connectivity index (χ1v) is 12.2. The van der Waals surface area contributed by atoms with E-state index < -0.39 is 10.0 Å². The summed E-state index contributed by atoms with van der Waals surface area (Å²) in [7, 11) is -3.82. The molecule has 0 radical (unpaired) electrons.